The van der Waals surface area contributed by atoms with E-state index in [1.54, 1.807) is 0 Å². The van der Waals surface area contributed by atoms with Crippen molar-refractivity contribution in [1.29, 1.82) is 0 Å². The number of hydrogen-bond acceptors (Lipinski definition) is 5. The monoisotopic (exact) mass is 298 g/mol. The highest BCUT2D eigenvalue weighted by Crippen LogP contribution is 2.31. The Bertz CT molecular complexity index is 495. The molecule has 1 atom stereocenters. The summed E-state index contributed by atoms with van der Waals surface area (Å²) in [6.45, 7) is 6.00. The summed E-state index contributed by atoms with van der Waals surface area (Å²) in [6.07, 6.45) is 4.38. The molecule has 0 aromatic carbocycles. The van der Waals surface area contributed by atoms with Gasteiger partial charge in [-0.25, -0.2) is 4.98 Å². The van der Waals surface area contributed by atoms with Crippen LogP contribution in [-0.2, 0) is 0 Å². The van der Waals surface area contributed by atoms with Crippen LogP contribution in [0, 0.1) is 22.0 Å². The largest absolute Gasteiger partial charge is 0.351 e. The maximum Gasteiger partial charge on any atom is 0.329 e. The number of anilines is 1. The number of nitro groups is 1. The molecular weight excluding hydrogens is 280 g/mol. The number of hydrogen-bond donors (Lipinski definition) is 0. The quantitative estimate of drug-likeness (QED) is 0.486. The van der Waals surface area contributed by atoms with E-state index in [0.717, 1.165) is 32.4 Å². The summed E-state index contributed by atoms with van der Waals surface area (Å²) >= 11 is 5.79. The number of aromatic nitrogens is 2. The van der Waals surface area contributed by atoms with Gasteiger partial charge >= 0.3 is 5.69 Å². The summed E-state index contributed by atoms with van der Waals surface area (Å²) in [5.41, 5.74) is -0.0719. The Kier molecular flexibility index (Phi) is 4.75. The molecule has 2 heterocycles. The molecule has 20 heavy (non-hydrogen) atoms. The van der Waals surface area contributed by atoms with Gasteiger partial charge in [-0.2, -0.15) is 4.98 Å². The predicted molar refractivity (Wildman–Crippen MR) is 78.1 cm³/mol. The fourth-order valence-electron chi connectivity index (χ4n) is 2.71. The highest BCUT2D eigenvalue weighted by atomic mass is 35.5. The van der Waals surface area contributed by atoms with Crippen LogP contribution in [0.1, 0.15) is 33.1 Å². The second-order valence-corrected chi connectivity index (χ2v) is 5.87. The molecule has 6 nitrogen and oxygen atoms in total. The van der Waals surface area contributed by atoms with Crippen molar-refractivity contribution in [3.8, 4) is 0 Å². The van der Waals surface area contributed by atoms with Crippen molar-refractivity contribution in [2.75, 3.05) is 18.0 Å². The maximum absolute atomic E-state index is 11.1. The van der Waals surface area contributed by atoms with E-state index < -0.39 is 4.92 Å². The lowest BCUT2D eigenvalue weighted by atomic mass is 9.89. The SMILES string of the molecule is CC(C)C1CCCN(c2nc(Cl)ncc2[N+](=O)[O-])CC1. The first-order chi connectivity index (χ1) is 9.49. The van der Waals surface area contributed by atoms with E-state index in [-0.39, 0.29) is 11.0 Å². The first-order valence-electron chi connectivity index (χ1n) is 6.91. The van der Waals surface area contributed by atoms with E-state index in [4.69, 9.17) is 11.6 Å². The molecule has 1 aliphatic heterocycles. The summed E-state index contributed by atoms with van der Waals surface area (Å²) in [7, 11) is 0. The van der Waals surface area contributed by atoms with Gasteiger partial charge in [0.2, 0.25) is 11.1 Å². The lowest BCUT2D eigenvalue weighted by molar-refractivity contribution is -0.384. The van der Waals surface area contributed by atoms with Gasteiger partial charge in [-0.3, -0.25) is 10.1 Å². The van der Waals surface area contributed by atoms with Crippen molar-refractivity contribution in [2.24, 2.45) is 11.8 Å². The summed E-state index contributed by atoms with van der Waals surface area (Å²) in [5.74, 6) is 1.65. The average Bonchev–Trinajstić information content (AvgIpc) is 2.63. The topological polar surface area (TPSA) is 72.2 Å². The van der Waals surface area contributed by atoms with Gasteiger partial charge in [0.15, 0.2) is 0 Å². The first-order valence-corrected chi connectivity index (χ1v) is 7.28. The van der Waals surface area contributed by atoms with E-state index >= 15 is 0 Å². The molecule has 1 saturated heterocycles. The zero-order valence-electron chi connectivity index (χ0n) is 11.8. The zero-order chi connectivity index (χ0) is 14.7. The molecule has 1 fully saturated rings. The van der Waals surface area contributed by atoms with Crippen molar-refractivity contribution in [3.05, 3.63) is 21.6 Å². The molecule has 0 aliphatic carbocycles. The Morgan fingerprint density at radius 2 is 2.20 bits per heavy atom. The Morgan fingerprint density at radius 1 is 1.45 bits per heavy atom. The average molecular weight is 299 g/mol. The number of nitrogens with zero attached hydrogens (tertiary/aromatic N) is 4. The van der Waals surface area contributed by atoms with Gasteiger partial charge < -0.3 is 4.90 Å². The molecule has 0 spiro atoms. The minimum Gasteiger partial charge on any atom is -0.351 e. The van der Waals surface area contributed by atoms with Crippen LogP contribution in [0.3, 0.4) is 0 Å². The lowest BCUT2D eigenvalue weighted by Crippen LogP contribution is -2.26. The molecule has 0 N–H and O–H groups in total. The Hall–Kier alpha value is -1.43. The molecule has 0 radical (unpaired) electrons. The van der Waals surface area contributed by atoms with Crippen LogP contribution < -0.4 is 4.90 Å². The highest BCUT2D eigenvalue weighted by Gasteiger charge is 2.26. The van der Waals surface area contributed by atoms with Crippen molar-refractivity contribution in [3.63, 3.8) is 0 Å². The second-order valence-electron chi connectivity index (χ2n) is 5.53. The van der Waals surface area contributed by atoms with E-state index in [0.29, 0.717) is 17.7 Å². The Labute approximate surface area is 123 Å². The van der Waals surface area contributed by atoms with Gasteiger partial charge in [0, 0.05) is 13.1 Å². The van der Waals surface area contributed by atoms with Gasteiger partial charge in [-0.05, 0) is 42.7 Å². The zero-order valence-corrected chi connectivity index (χ0v) is 12.5. The standard InChI is InChI=1S/C13H19ClN4O2/c1-9(2)10-4-3-6-17(7-5-10)12-11(18(19)20)8-15-13(14)16-12/h8-10H,3-7H2,1-2H3. The molecule has 0 saturated carbocycles. The molecule has 0 bridgehead atoms. The van der Waals surface area contributed by atoms with Crippen LogP contribution in [0.2, 0.25) is 5.28 Å². The molecule has 0 amide bonds. The fraction of sp³-hybridized carbons (Fsp3) is 0.692. The van der Waals surface area contributed by atoms with Crippen LogP contribution in [0.5, 0.6) is 0 Å². The van der Waals surface area contributed by atoms with Crippen molar-refractivity contribution in [2.45, 2.75) is 33.1 Å². The van der Waals surface area contributed by atoms with Gasteiger partial charge in [0.05, 0.1) is 4.92 Å². The summed E-state index contributed by atoms with van der Waals surface area (Å²) in [5, 5.41) is 11.1. The molecule has 7 heteroatoms. The van der Waals surface area contributed by atoms with Crippen LogP contribution >= 0.6 is 11.6 Å². The first kappa shape index (κ1) is 15.0. The molecule has 2 rings (SSSR count). The smallest absolute Gasteiger partial charge is 0.329 e. The summed E-state index contributed by atoms with van der Waals surface area (Å²) in [4.78, 5) is 20.4. The van der Waals surface area contributed by atoms with Gasteiger partial charge in [-0.15, -0.1) is 0 Å². The maximum atomic E-state index is 11.1. The van der Waals surface area contributed by atoms with Crippen LogP contribution in [0.4, 0.5) is 11.5 Å². The van der Waals surface area contributed by atoms with Gasteiger partial charge in [0.25, 0.3) is 0 Å². The van der Waals surface area contributed by atoms with E-state index in [1.165, 1.54) is 6.20 Å². The lowest BCUT2D eigenvalue weighted by Gasteiger charge is -2.22. The van der Waals surface area contributed by atoms with Crippen molar-refractivity contribution >= 4 is 23.1 Å². The number of rotatable bonds is 3. The van der Waals surface area contributed by atoms with E-state index in [9.17, 15) is 10.1 Å². The van der Waals surface area contributed by atoms with Crippen LogP contribution in [-0.4, -0.2) is 28.0 Å². The molecule has 1 unspecified atom stereocenters. The Balaban J connectivity index is 2.23. The molecule has 1 aromatic rings. The number of halogens is 1. The third-order valence-electron chi connectivity index (χ3n) is 3.93. The summed E-state index contributed by atoms with van der Waals surface area (Å²) < 4.78 is 0. The predicted octanol–water partition coefficient (Wildman–Crippen LogP) is 3.30. The molecule has 110 valence electrons. The van der Waals surface area contributed by atoms with Crippen molar-refractivity contribution in [1.82, 2.24) is 9.97 Å². The fourth-order valence-corrected chi connectivity index (χ4v) is 2.84. The van der Waals surface area contributed by atoms with E-state index in [1.807, 2.05) is 4.90 Å². The van der Waals surface area contributed by atoms with Crippen LogP contribution in [0.15, 0.2) is 6.20 Å². The normalized spacial score (nSPS) is 20.0. The molecule has 1 aromatic heterocycles. The third kappa shape index (κ3) is 3.36. The minimum atomic E-state index is -0.448. The minimum absolute atomic E-state index is 0.0512. The molecular formula is C13H19ClN4O2. The molecule has 1 aliphatic rings. The second kappa shape index (κ2) is 6.35. The highest BCUT2D eigenvalue weighted by molar-refractivity contribution is 6.28. The van der Waals surface area contributed by atoms with Gasteiger partial charge in [-0.1, -0.05) is 13.8 Å². The third-order valence-corrected chi connectivity index (χ3v) is 4.11. The van der Waals surface area contributed by atoms with Crippen molar-refractivity contribution < 1.29 is 4.92 Å². The van der Waals surface area contributed by atoms with Crippen LogP contribution in [0.25, 0.3) is 0 Å². The van der Waals surface area contributed by atoms with E-state index in [2.05, 4.69) is 23.8 Å². The summed E-state index contributed by atoms with van der Waals surface area (Å²) in [6, 6.07) is 0. The Morgan fingerprint density at radius 3 is 2.85 bits per heavy atom. The van der Waals surface area contributed by atoms with Gasteiger partial charge in [0.1, 0.15) is 6.20 Å².